The lowest BCUT2D eigenvalue weighted by Gasteiger charge is -2.34. The Balaban J connectivity index is 1.34. The molecule has 2 aliphatic carbocycles. The third-order valence-electron chi connectivity index (χ3n) is 5.73. The Morgan fingerprint density at radius 2 is 1.85 bits per heavy atom. The lowest BCUT2D eigenvalue weighted by atomic mass is 9.79. The van der Waals surface area contributed by atoms with Gasteiger partial charge in [0.2, 0.25) is 5.92 Å². The van der Waals surface area contributed by atoms with Crippen molar-refractivity contribution in [3.63, 3.8) is 0 Å². The Hall–Kier alpha value is -3.28. The number of anilines is 2. The van der Waals surface area contributed by atoms with E-state index in [4.69, 9.17) is 4.74 Å². The van der Waals surface area contributed by atoms with Gasteiger partial charge in [0.15, 0.2) is 11.9 Å². The van der Waals surface area contributed by atoms with E-state index < -0.39 is 23.9 Å². The summed E-state index contributed by atoms with van der Waals surface area (Å²) in [5, 5.41) is 16.8. The molecular weight excluding hydrogens is 461 g/mol. The van der Waals surface area contributed by atoms with Crippen LogP contribution in [-0.4, -0.2) is 37.0 Å². The fourth-order valence-corrected chi connectivity index (χ4v) is 3.79. The SMILES string of the molecule is OC(c1cc(Nc2cc(Oc3cn(C4CC4)nc3C3CC(F)(F)C3)ccn2)ccn1)C(F)(F)F. The summed E-state index contributed by atoms with van der Waals surface area (Å²) in [6, 6.07) is 5.84. The fraction of sp³-hybridized carbons (Fsp3) is 0.409. The van der Waals surface area contributed by atoms with Crippen molar-refractivity contribution in [2.24, 2.45) is 0 Å². The highest BCUT2D eigenvalue weighted by Crippen LogP contribution is 2.51. The molecule has 5 rings (SSSR count). The van der Waals surface area contributed by atoms with E-state index in [1.54, 1.807) is 16.9 Å². The van der Waals surface area contributed by atoms with E-state index in [1.807, 2.05) is 0 Å². The molecule has 1 unspecified atom stereocenters. The number of halogens is 5. The van der Waals surface area contributed by atoms with Crippen LogP contribution in [-0.2, 0) is 0 Å². The molecule has 3 heterocycles. The second-order valence-corrected chi connectivity index (χ2v) is 8.57. The zero-order valence-electron chi connectivity index (χ0n) is 17.6. The molecule has 0 saturated heterocycles. The van der Waals surface area contributed by atoms with Gasteiger partial charge in [-0.3, -0.25) is 9.67 Å². The van der Waals surface area contributed by atoms with Crippen LogP contribution in [0.5, 0.6) is 11.5 Å². The molecule has 12 heteroatoms. The van der Waals surface area contributed by atoms with E-state index in [0.717, 1.165) is 25.1 Å². The first-order valence-electron chi connectivity index (χ1n) is 10.7. The van der Waals surface area contributed by atoms with E-state index >= 15 is 0 Å². The number of aromatic nitrogens is 4. The highest BCUT2D eigenvalue weighted by Gasteiger charge is 2.48. The predicted octanol–water partition coefficient (Wildman–Crippen LogP) is 5.65. The number of rotatable bonds is 7. The van der Waals surface area contributed by atoms with E-state index in [2.05, 4.69) is 20.4 Å². The molecular formula is C22H20F5N5O2. The van der Waals surface area contributed by atoms with Gasteiger partial charge in [0.25, 0.3) is 0 Å². The van der Waals surface area contributed by atoms with Crippen LogP contribution in [0.1, 0.15) is 55.1 Å². The van der Waals surface area contributed by atoms with Gasteiger partial charge in [0, 0.05) is 42.9 Å². The van der Waals surface area contributed by atoms with Gasteiger partial charge < -0.3 is 15.2 Å². The van der Waals surface area contributed by atoms with Gasteiger partial charge in [-0.2, -0.15) is 18.3 Å². The Bertz CT molecular complexity index is 1190. The van der Waals surface area contributed by atoms with Gasteiger partial charge in [-0.15, -0.1) is 0 Å². The number of nitrogens with zero attached hydrogens (tertiary/aromatic N) is 4. The van der Waals surface area contributed by atoms with Crippen LogP contribution >= 0.6 is 0 Å². The third-order valence-corrected chi connectivity index (χ3v) is 5.73. The van der Waals surface area contributed by atoms with Gasteiger partial charge in [0.1, 0.15) is 17.3 Å². The first kappa shape index (κ1) is 22.5. The number of hydrogen-bond donors (Lipinski definition) is 2. The minimum absolute atomic E-state index is 0.233. The molecule has 1 atom stereocenters. The average Bonchev–Trinajstić information content (AvgIpc) is 3.52. The molecule has 2 N–H and O–H groups in total. The molecule has 3 aromatic rings. The normalized spacial score (nSPS) is 18.9. The summed E-state index contributed by atoms with van der Waals surface area (Å²) in [7, 11) is 0. The highest BCUT2D eigenvalue weighted by molar-refractivity contribution is 5.57. The van der Waals surface area contributed by atoms with Crippen LogP contribution in [0.2, 0.25) is 0 Å². The van der Waals surface area contributed by atoms with Crippen LogP contribution < -0.4 is 10.1 Å². The number of ether oxygens (including phenoxy) is 1. The zero-order valence-corrected chi connectivity index (χ0v) is 17.6. The summed E-state index contributed by atoms with van der Waals surface area (Å²) in [5.74, 6) is -2.07. The summed E-state index contributed by atoms with van der Waals surface area (Å²) in [5.41, 5.74) is 0.167. The molecule has 7 nitrogen and oxygen atoms in total. The average molecular weight is 481 g/mol. The number of nitrogens with one attached hydrogen (secondary N) is 1. The minimum atomic E-state index is -4.84. The van der Waals surface area contributed by atoms with Crippen molar-refractivity contribution in [1.82, 2.24) is 19.7 Å². The lowest BCUT2D eigenvalue weighted by molar-refractivity contribution is -0.207. The monoisotopic (exact) mass is 481 g/mol. The van der Waals surface area contributed by atoms with E-state index in [9.17, 15) is 27.1 Å². The number of alkyl halides is 5. The van der Waals surface area contributed by atoms with Crippen molar-refractivity contribution in [3.05, 3.63) is 54.2 Å². The quantitative estimate of drug-likeness (QED) is 0.424. The highest BCUT2D eigenvalue weighted by atomic mass is 19.4. The van der Waals surface area contributed by atoms with Gasteiger partial charge in [-0.1, -0.05) is 0 Å². The Labute approximate surface area is 190 Å². The van der Waals surface area contributed by atoms with Crippen molar-refractivity contribution in [3.8, 4) is 11.5 Å². The Morgan fingerprint density at radius 1 is 1.12 bits per heavy atom. The number of aliphatic hydroxyl groups is 1. The smallest absolute Gasteiger partial charge is 0.420 e. The first-order valence-corrected chi connectivity index (χ1v) is 10.7. The molecule has 2 saturated carbocycles. The maximum Gasteiger partial charge on any atom is 0.420 e. The molecule has 0 aromatic carbocycles. The van der Waals surface area contributed by atoms with E-state index in [-0.39, 0.29) is 36.3 Å². The Morgan fingerprint density at radius 3 is 2.53 bits per heavy atom. The molecule has 3 aromatic heterocycles. The van der Waals surface area contributed by atoms with Crippen molar-refractivity contribution in [2.75, 3.05) is 5.32 Å². The molecule has 0 bridgehead atoms. The van der Waals surface area contributed by atoms with Gasteiger partial charge >= 0.3 is 6.18 Å². The van der Waals surface area contributed by atoms with Crippen molar-refractivity contribution < 1.29 is 31.8 Å². The number of pyridine rings is 2. The summed E-state index contributed by atoms with van der Waals surface area (Å²) >= 11 is 0. The molecule has 2 fully saturated rings. The lowest BCUT2D eigenvalue weighted by Crippen LogP contribution is -2.34. The van der Waals surface area contributed by atoms with E-state index in [0.29, 0.717) is 17.2 Å². The zero-order chi connectivity index (χ0) is 24.1. The van der Waals surface area contributed by atoms with Crippen LogP contribution in [0.25, 0.3) is 0 Å². The molecule has 0 spiro atoms. The summed E-state index contributed by atoms with van der Waals surface area (Å²) in [6.07, 6.45) is -1.87. The Kier molecular flexibility index (Phi) is 5.42. The minimum Gasteiger partial charge on any atom is -0.454 e. The van der Waals surface area contributed by atoms with Crippen molar-refractivity contribution >= 4 is 11.5 Å². The molecule has 0 aliphatic heterocycles. The second kappa shape index (κ2) is 8.19. The topological polar surface area (TPSA) is 85.1 Å². The van der Waals surface area contributed by atoms with Crippen molar-refractivity contribution in [2.45, 2.75) is 55.8 Å². The molecule has 0 radical (unpaired) electrons. The van der Waals surface area contributed by atoms with Crippen LogP contribution in [0, 0.1) is 0 Å². The van der Waals surface area contributed by atoms with Crippen LogP contribution in [0.4, 0.5) is 33.5 Å². The largest absolute Gasteiger partial charge is 0.454 e. The summed E-state index contributed by atoms with van der Waals surface area (Å²) in [6.45, 7) is 0. The van der Waals surface area contributed by atoms with Crippen LogP contribution in [0.15, 0.2) is 42.9 Å². The molecule has 2 aliphatic rings. The fourth-order valence-electron chi connectivity index (χ4n) is 3.79. The first-order chi connectivity index (χ1) is 16.1. The maximum absolute atomic E-state index is 13.4. The van der Waals surface area contributed by atoms with E-state index in [1.165, 1.54) is 18.3 Å². The second-order valence-electron chi connectivity index (χ2n) is 8.57. The maximum atomic E-state index is 13.4. The van der Waals surface area contributed by atoms with Gasteiger partial charge in [-0.05, 0) is 31.0 Å². The molecule has 180 valence electrons. The van der Waals surface area contributed by atoms with Crippen molar-refractivity contribution in [1.29, 1.82) is 0 Å². The number of aliphatic hydroxyl groups excluding tert-OH is 1. The molecule has 0 amide bonds. The summed E-state index contributed by atoms with van der Waals surface area (Å²) in [4.78, 5) is 7.71. The van der Waals surface area contributed by atoms with Crippen LogP contribution in [0.3, 0.4) is 0 Å². The third kappa shape index (κ3) is 4.81. The standard InChI is InChI=1S/C22H20F5N5O2/c23-21(24)9-12(10-21)19-17(11-32(31-19)14-1-2-14)34-15-4-6-29-18(8-15)30-13-3-5-28-16(7-13)20(33)22(25,26)27/h3-8,11-12,14,20,33H,1-2,9-10H2,(H,28,29,30). The predicted molar refractivity (Wildman–Crippen MR) is 110 cm³/mol. The number of hydrogen-bond acceptors (Lipinski definition) is 6. The summed E-state index contributed by atoms with van der Waals surface area (Å²) < 4.78 is 73.0. The van der Waals surface area contributed by atoms with Gasteiger partial charge in [0.05, 0.1) is 17.9 Å². The van der Waals surface area contributed by atoms with Gasteiger partial charge in [-0.25, -0.2) is 13.8 Å². The molecule has 34 heavy (non-hydrogen) atoms.